The van der Waals surface area contributed by atoms with Crippen LogP contribution in [0.3, 0.4) is 0 Å². The summed E-state index contributed by atoms with van der Waals surface area (Å²) >= 11 is 0. The van der Waals surface area contributed by atoms with Gasteiger partial charge in [0.15, 0.2) is 5.82 Å². The number of aromatic nitrogens is 3. The van der Waals surface area contributed by atoms with Crippen molar-refractivity contribution in [2.24, 2.45) is 0 Å². The second-order valence-electron chi connectivity index (χ2n) is 5.30. The normalized spacial score (nSPS) is 12.7. The fraction of sp³-hybridized carbons (Fsp3) is 0.357. The molecule has 3 rings (SSSR count). The zero-order valence-electron chi connectivity index (χ0n) is 12.6. The van der Waals surface area contributed by atoms with E-state index in [9.17, 15) is 14.9 Å². The van der Waals surface area contributed by atoms with Crippen molar-refractivity contribution in [1.29, 1.82) is 0 Å². The van der Waals surface area contributed by atoms with Crippen molar-refractivity contribution in [3.8, 4) is 0 Å². The number of fused-ring (bicyclic) bond motifs is 1. The summed E-state index contributed by atoms with van der Waals surface area (Å²) in [4.78, 5) is 22.4. The fourth-order valence-electron chi connectivity index (χ4n) is 2.62. The molecule has 1 aliphatic rings. The lowest BCUT2D eigenvalue weighted by molar-refractivity contribution is -0.385. The predicted octanol–water partition coefficient (Wildman–Crippen LogP) is 1.76. The van der Waals surface area contributed by atoms with E-state index in [-0.39, 0.29) is 12.2 Å². The second kappa shape index (κ2) is 6.03. The smallest absolute Gasteiger partial charge is 0.319 e. The average Bonchev–Trinajstić information content (AvgIpc) is 3.10. The molecule has 1 aromatic carbocycles. The maximum absolute atomic E-state index is 12.0. The Morgan fingerprint density at radius 1 is 1.43 bits per heavy atom. The van der Waals surface area contributed by atoms with Gasteiger partial charge in [-0.2, -0.15) is 0 Å². The Balaban J connectivity index is 1.64. The molecule has 2 aromatic rings. The van der Waals surface area contributed by atoms with E-state index in [0.717, 1.165) is 25.2 Å². The first-order valence-corrected chi connectivity index (χ1v) is 7.26. The van der Waals surface area contributed by atoms with Gasteiger partial charge in [0.1, 0.15) is 5.82 Å². The number of rotatable bonds is 4. The molecule has 0 saturated carbocycles. The highest BCUT2D eigenvalue weighted by atomic mass is 16.6. The summed E-state index contributed by atoms with van der Waals surface area (Å²) in [6, 6.07) is 4.12. The molecule has 23 heavy (non-hydrogen) atoms. The van der Waals surface area contributed by atoms with E-state index in [1.807, 2.05) is 4.57 Å². The average molecular weight is 316 g/mol. The number of amides is 2. The number of carbonyl (C=O) groups is 1. The minimum atomic E-state index is -0.474. The molecule has 0 aliphatic carbocycles. The number of nitrogens with zero attached hydrogens (tertiary/aromatic N) is 4. The molecule has 0 atom stereocenters. The molecule has 2 heterocycles. The van der Waals surface area contributed by atoms with Gasteiger partial charge in [0.25, 0.3) is 5.69 Å². The number of carbonyl (C=O) groups excluding carboxylic acids is 1. The number of nitro groups is 1. The van der Waals surface area contributed by atoms with Crippen LogP contribution in [0, 0.1) is 17.0 Å². The molecular formula is C14H16N6O3. The summed E-state index contributed by atoms with van der Waals surface area (Å²) in [5, 5.41) is 24.4. The maximum Gasteiger partial charge on any atom is 0.319 e. The van der Waals surface area contributed by atoms with Crippen molar-refractivity contribution < 1.29 is 9.72 Å². The number of benzene rings is 1. The van der Waals surface area contributed by atoms with Crippen molar-refractivity contribution in [1.82, 2.24) is 20.1 Å². The fourth-order valence-corrected chi connectivity index (χ4v) is 2.62. The van der Waals surface area contributed by atoms with Gasteiger partial charge < -0.3 is 15.2 Å². The molecule has 1 aliphatic heterocycles. The highest BCUT2D eigenvalue weighted by Crippen LogP contribution is 2.24. The number of nitro benzene ring substituents is 1. The third-order valence-electron chi connectivity index (χ3n) is 3.84. The predicted molar refractivity (Wildman–Crippen MR) is 82.0 cm³/mol. The van der Waals surface area contributed by atoms with Crippen LogP contribution in [0.2, 0.25) is 0 Å². The minimum absolute atomic E-state index is 0.0296. The SMILES string of the molecule is Cc1c(NC(=O)NCc2nnc3n2CCC3)cccc1[N+](=O)[O-]. The van der Waals surface area contributed by atoms with Gasteiger partial charge in [-0.15, -0.1) is 10.2 Å². The van der Waals surface area contributed by atoms with Crippen LogP contribution >= 0.6 is 0 Å². The van der Waals surface area contributed by atoms with Crippen LogP contribution in [0.15, 0.2) is 18.2 Å². The Labute approximate surface area is 131 Å². The van der Waals surface area contributed by atoms with E-state index >= 15 is 0 Å². The van der Waals surface area contributed by atoms with E-state index in [1.54, 1.807) is 13.0 Å². The van der Waals surface area contributed by atoms with Crippen molar-refractivity contribution in [2.75, 3.05) is 5.32 Å². The number of hydrogen-bond acceptors (Lipinski definition) is 5. The summed E-state index contributed by atoms with van der Waals surface area (Å²) in [5.74, 6) is 1.65. The third kappa shape index (κ3) is 2.98. The first-order chi connectivity index (χ1) is 11.1. The molecule has 0 fully saturated rings. The lowest BCUT2D eigenvalue weighted by Gasteiger charge is -2.10. The van der Waals surface area contributed by atoms with E-state index in [0.29, 0.717) is 17.1 Å². The lowest BCUT2D eigenvalue weighted by atomic mass is 10.1. The molecule has 2 amide bonds. The standard InChI is InChI=1S/C14H16N6O3/c1-9-10(4-2-5-11(9)20(22)23)16-14(21)15-8-13-18-17-12-6-3-7-19(12)13/h2,4-5H,3,6-8H2,1H3,(H2,15,16,21). The van der Waals surface area contributed by atoms with Gasteiger partial charge in [-0.25, -0.2) is 4.79 Å². The zero-order chi connectivity index (χ0) is 16.4. The maximum atomic E-state index is 12.0. The number of nitrogens with one attached hydrogen (secondary N) is 2. The highest BCUT2D eigenvalue weighted by molar-refractivity contribution is 5.90. The van der Waals surface area contributed by atoms with Gasteiger partial charge in [0.2, 0.25) is 0 Å². The molecule has 0 radical (unpaired) electrons. The zero-order valence-corrected chi connectivity index (χ0v) is 12.6. The van der Waals surface area contributed by atoms with Crippen LogP contribution in [-0.4, -0.2) is 25.7 Å². The quantitative estimate of drug-likeness (QED) is 0.659. The summed E-state index contributed by atoms with van der Waals surface area (Å²) < 4.78 is 2.00. The summed E-state index contributed by atoms with van der Waals surface area (Å²) in [5.41, 5.74) is 0.789. The molecule has 1 aromatic heterocycles. The van der Waals surface area contributed by atoms with Crippen LogP contribution < -0.4 is 10.6 Å². The largest absolute Gasteiger partial charge is 0.331 e. The lowest BCUT2D eigenvalue weighted by Crippen LogP contribution is -2.29. The van der Waals surface area contributed by atoms with E-state index in [4.69, 9.17) is 0 Å². The Kier molecular flexibility index (Phi) is 3.92. The second-order valence-corrected chi connectivity index (χ2v) is 5.30. The van der Waals surface area contributed by atoms with Crippen molar-refractivity contribution >= 4 is 17.4 Å². The van der Waals surface area contributed by atoms with Gasteiger partial charge in [0, 0.05) is 19.0 Å². The monoisotopic (exact) mass is 316 g/mol. The molecule has 0 bridgehead atoms. The number of hydrogen-bond donors (Lipinski definition) is 2. The molecular weight excluding hydrogens is 300 g/mol. The van der Waals surface area contributed by atoms with Gasteiger partial charge in [0.05, 0.1) is 22.7 Å². The summed E-state index contributed by atoms with van der Waals surface area (Å²) in [7, 11) is 0. The summed E-state index contributed by atoms with van der Waals surface area (Å²) in [6.07, 6.45) is 1.95. The highest BCUT2D eigenvalue weighted by Gasteiger charge is 2.18. The number of urea groups is 1. The van der Waals surface area contributed by atoms with Gasteiger partial charge in [-0.1, -0.05) is 6.07 Å². The molecule has 0 saturated heterocycles. The van der Waals surface area contributed by atoms with Crippen molar-refractivity contribution in [2.45, 2.75) is 32.9 Å². The van der Waals surface area contributed by atoms with E-state index in [1.165, 1.54) is 12.1 Å². The Morgan fingerprint density at radius 3 is 3.04 bits per heavy atom. The molecule has 0 unspecified atom stereocenters. The van der Waals surface area contributed by atoms with Crippen LogP contribution in [0.1, 0.15) is 23.6 Å². The van der Waals surface area contributed by atoms with Crippen LogP contribution in [-0.2, 0) is 19.5 Å². The first-order valence-electron chi connectivity index (χ1n) is 7.26. The van der Waals surface area contributed by atoms with Crippen molar-refractivity contribution in [3.05, 3.63) is 45.5 Å². The topological polar surface area (TPSA) is 115 Å². The minimum Gasteiger partial charge on any atom is -0.331 e. The molecule has 2 N–H and O–H groups in total. The van der Waals surface area contributed by atoms with Gasteiger partial charge in [-0.05, 0) is 19.4 Å². The molecule has 0 spiro atoms. The summed E-state index contributed by atoms with van der Waals surface area (Å²) in [6.45, 7) is 2.72. The van der Waals surface area contributed by atoms with Crippen LogP contribution in [0.4, 0.5) is 16.2 Å². The van der Waals surface area contributed by atoms with Crippen molar-refractivity contribution in [3.63, 3.8) is 0 Å². The molecule has 120 valence electrons. The Morgan fingerprint density at radius 2 is 2.26 bits per heavy atom. The molecule has 9 nitrogen and oxygen atoms in total. The van der Waals surface area contributed by atoms with Gasteiger partial charge >= 0.3 is 6.03 Å². The first kappa shape index (κ1) is 14.9. The number of anilines is 1. The van der Waals surface area contributed by atoms with E-state index in [2.05, 4.69) is 20.8 Å². The van der Waals surface area contributed by atoms with Gasteiger partial charge in [-0.3, -0.25) is 10.1 Å². The van der Waals surface area contributed by atoms with Crippen LogP contribution in [0.5, 0.6) is 0 Å². The van der Waals surface area contributed by atoms with Crippen LogP contribution in [0.25, 0.3) is 0 Å². The van der Waals surface area contributed by atoms with E-state index < -0.39 is 11.0 Å². The third-order valence-corrected chi connectivity index (χ3v) is 3.84. The Bertz CT molecular complexity index is 770. The Hall–Kier alpha value is -2.97. The molecule has 9 heteroatoms. The number of aryl methyl sites for hydroxylation is 1.